The Labute approximate surface area is 218 Å². The fourth-order valence-corrected chi connectivity index (χ4v) is 4.55. The number of carbonyl (C=O) groups is 3. The second-order valence-electron chi connectivity index (χ2n) is 9.15. The highest BCUT2D eigenvalue weighted by Gasteiger charge is 2.22. The van der Waals surface area contributed by atoms with Gasteiger partial charge >= 0.3 is 0 Å². The molecular weight excluding hydrogens is 496 g/mol. The van der Waals surface area contributed by atoms with E-state index in [1.807, 2.05) is 32.0 Å². The fourth-order valence-electron chi connectivity index (χ4n) is 4.55. The molecular formula is C27H29F2N5O4. The van der Waals surface area contributed by atoms with Gasteiger partial charge in [-0.2, -0.15) is 0 Å². The van der Waals surface area contributed by atoms with Crippen LogP contribution >= 0.6 is 0 Å². The number of nitrogens with one attached hydrogen (secondary N) is 3. The molecule has 11 heteroatoms. The molecule has 0 aliphatic carbocycles. The Bertz CT molecular complexity index is 1310. The van der Waals surface area contributed by atoms with Crippen LogP contribution in [0.2, 0.25) is 0 Å². The first-order valence-corrected chi connectivity index (χ1v) is 12.3. The number of amides is 3. The predicted molar refractivity (Wildman–Crippen MR) is 139 cm³/mol. The number of aromatic nitrogens is 1. The van der Waals surface area contributed by atoms with Crippen LogP contribution in [0, 0.1) is 25.5 Å². The van der Waals surface area contributed by atoms with Crippen LogP contribution in [0.15, 0.2) is 40.9 Å². The standard InChI is InChI=1S/C17H20N4O3.C10H9F2NO/c1-10-17(11(2)24-21-10)12-3-5-14(15(7-12)19-9-22)20-13-4-6-16(23)18-8-13;11-8-4-3-7(6-9(8)12)13-5-1-2-10(13)14/h3,5,7,9,13,20H,4,6,8H2,1-2H3,(H,18,23)(H,19,22);3-4,6H,1-2,5H2. The number of benzene rings is 2. The van der Waals surface area contributed by atoms with Crippen LogP contribution in [0.5, 0.6) is 0 Å². The molecule has 9 nitrogen and oxygen atoms in total. The maximum absolute atomic E-state index is 12.8. The average molecular weight is 526 g/mol. The Kier molecular flexibility index (Phi) is 8.35. The van der Waals surface area contributed by atoms with Crippen LogP contribution in [-0.2, 0) is 14.4 Å². The molecule has 2 aliphatic rings. The normalized spacial score (nSPS) is 16.9. The molecule has 3 heterocycles. The first-order valence-electron chi connectivity index (χ1n) is 12.3. The highest BCUT2D eigenvalue weighted by atomic mass is 19.2. The number of piperidine rings is 1. The van der Waals surface area contributed by atoms with E-state index in [9.17, 15) is 23.2 Å². The van der Waals surface area contributed by atoms with Gasteiger partial charge in [-0.1, -0.05) is 11.2 Å². The molecule has 1 aromatic heterocycles. The van der Waals surface area contributed by atoms with Gasteiger partial charge in [-0.15, -0.1) is 0 Å². The summed E-state index contributed by atoms with van der Waals surface area (Å²) in [6.45, 7) is 4.91. The van der Waals surface area contributed by atoms with Gasteiger partial charge < -0.3 is 25.4 Å². The predicted octanol–water partition coefficient (Wildman–Crippen LogP) is 4.31. The lowest BCUT2D eigenvalue weighted by Crippen LogP contribution is -2.41. The summed E-state index contributed by atoms with van der Waals surface area (Å²) in [4.78, 5) is 35.0. The van der Waals surface area contributed by atoms with Crippen LogP contribution in [0.25, 0.3) is 11.1 Å². The smallest absolute Gasteiger partial charge is 0.227 e. The molecule has 2 fully saturated rings. The van der Waals surface area contributed by atoms with E-state index < -0.39 is 11.6 Å². The first kappa shape index (κ1) is 26.8. The Morgan fingerprint density at radius 3 is 2.50 bits per heavy atom. The molecule has 38 heavy (non-hydrogen) atoms. The van der Waals surface area contributed by atoms with Crippen molar-refractivity contribution in [2.75, 3.05) is 28.6 Å². The summed E-state index contributed by atoms with van der Waals surface area (Å²) in [5, 5.41) is 12.9. The zero-order valence-electron chi connectivity index (χ0n) is 21.1. The topological polar surface area (TPSA) is 117 Å². The molecule has 2 aromatic carbocycles. The van der Waals surface area contributed by atoms with E-state index >= 15 is 0 Å². The molecule has 0 saturated carbocycles. The van der Waals surface area contributed by atoms with E-state index in [1.54, 1.807) is 0 Å². The Balaban J connectivity index is 0.000000204. The third kappa shape index (κ3) is 6.16. The second kappa shape index (κ2) is 11.8. The molecule has 0 bridgehead atoms. The fraction of sp³-hybridized carbons (Fsp3) is 0.333. The molecule has 2 saturated heterocycles. The van der Waals surface area contributed by atoms with Gasteiger partial charge in [-0.3, -0.25) is 14.4 Å². The monoisotopic (exact) mass is 525 g/mol. The number of carbonyl (C=O) groups excluding carboxylic acids is 3. The van der Waals surface area contributed by atoms with Crippen LogP contribution in [0.3, 0.4) is 0 Å². The highest BCUT2D eigenvalue weighted by molar-refractivity contribution is 5.95. The largest absolute Gasteiger partial charge is 0.379 e. The number of anilines is 3. The molecule has 3 aromatic rings. The third-order valence-corrected chi connectivity index (χ3v) is 6.47. The van der Waals surface area contributed by atoms with E-state index in [0.717, 1.165) is 53.2 Å². The van der Waals surface area contributed by atoms with Crippen molar-refractivity contribution in [3.63, 3.8) is 0 Å². The SMILES string of the molecule is Cc1noc(C)c1-c1ccc(NC2CCC(=O)NC2)c(NC=O)c1.O=C1CCCN1c1ccc(F)c(F)c1. The molecule has 200 valence electrons. The van der Waals surface area contributed by atoms with Gasteiger partial charge in [0.05, 0.1) is 17.1 Å². The number of hydrogen-bond donors (Lipinski definition) is 3. The molecule has 0 spiro atoms. The van der Waals surface area contributed by atoms with Crippen LogP contribution in [0.1, 0.15) is 37.1 Å². The summed E-state index contributed by atoms with van der Waals surface area (Å²) in [5.41, 5.74) is 4.60. The van der Waals surface area contributed by atoms with Gasteiger partial charge in [-0.25, -0.2) is 8.78 Å². The van der Waals surface area contributed by atoms with Gasteiger partial charge in [0, 0.05) is 49.3 Å². The van der Waals surface area contributed by atoms with Crippen molar-refractivity contribution in [3.05, 3.63) is 59.5 Å². The zero-order chi connectivity index (χ0) is 27.2. The Morgan fingerprint density at radius 2 is 1.89 bits per heavy atom. The van der Waals surface area contributed by atoms with Crippen molar-refractivity contribution >= 4 is 35.3 Å². The number of nitrogens with zero attached hydrogens (tertiary/aromatic N) is 2. The van der Waals surface area contributed by atoms with Crippen molar-refractivity contribution in [2.24, 2.45) is 0 Å². The van der Waals surface area contributed by atoms with E-state index in [2.05, 4.69) is 21.1 Å². The van der Waals surface area contributed by atoms with Gasteiger partial charge in [0.1, 0.15) is 5.76 Å². The van der Waals surface area contributed by atoms with Crippen LogP contribution in [0.4, 0.5) is 25.8 Å². The molecule has 1 atom stereocenters. The molecule has 3 N–H and O–H groups in total. The van der Waals surface area contributed by atoms with E-state index in [0.29, 0.717) is 43.7 Å². The van der Waals surface area contributed by atoms with Gasteiger partial charge in [0.15, 0.2) is 11.6 Å². The van der Waals surface area contributed by atoms with E-state index in [1.165, 1.54) is 11.0 Å². The summed E-state index contributed by atoms with van der Waals surface area (Å²) in [7, 11) is 0. The van der Waals surface area contributed by atoms with Crippen LogP contribution in [-0.4, -0.2) is 42.5 Å². The second-order valence-corrected chi connectivity index (χ2v) is 9.15. The van der Waals surface area contributed by atoms with Gasteiger partial charge in [0.2, 0.25) is 18.2 Å². The number of aryl methyl sites for hydroxylation is 2. The van der Waals surface area contributed by atoms with Crippen molar-refractivity contribution < 1.29 is 27.7 Å². The van der Waals surface area contributed by atoms with Crippen molar-refractivity contribution in [2.45, 2.75) is 45.6 Å². The minimum Gasteiger partial charge on any atom is -0.379 e. The molecule has 5 rings (SSSR count). The van der Waals surface area contributed by atoms with Crippen LogP contribution < -0.4 is 20.9 Å². The quantitative estimate of drug-likeness (QED) is 0.413. The van der Waals surface area contributed by atoms with Crippen molar-refractivity contribution in [3.8, 4) is 11.1 Å². The average Bonchev–Trinajstić information content (AvgIpc) is 3.48. The molecule has 1 unspecified atom stereocenters. The van der Waals surface area contributed by atoms with E-state index in [4.69, 9.17) is 4.52 Å². The van der Waals surface area contributed by atoms with Gasteiger partial charge in [-0.05, 0) is 56.5 Å². The lowest BCUT2D eigenvalue weighted by atomic mass is 10.0. The summed E-state index contributed by atoms with van der Waals surface area (Å²) >= 11 is 0. The van der Waals surface area contributed by atoms with Crippen molar-refractivity contribution in [1.29, 1.82) is 0 Å². The number of rotatable bonds is 6. The molecule has 2 aliphatic heterocycles. The summed E-state index contributed by atoms with van der Waals surface area (Å²) in [5.74, 6) is -1.02. The Hall–Kier alpha value is -4.28. The first-order chi connectivity index (χ1) is 18.3. The minimum absolute atomic E-state index is 0.0315. The lowest BCUT2D eigenvalue weighted by molar-refractivity contribution is -0.122. The third-order valence-electron chi connectivity index (χ3n) is 6.47. The number of hydrogen-bond acceptors (Lipinski definition) is 6. The maximum Gasteiger partial charge on any atom is 0.227 e. The summed E-state index contributed by atoms with van der Waals surface area (Å²) < 4.78 is 30.7. The maximum atomic E-state index is 12.8. The lowest BCUT2D eigenvalue weighted by Gasteiger charge is -2.25. The van der Waals surface area contributed by atoms with Gasteiger partial charge in [0.25, 0.3) is 0 Å². The molecule has 0 radical (unpaired) electrons. The summed E-state index contributed by atoms with van der Waals surface area (Å²) in [6, 6.07) is 9.43. The zero-order valence-corrected chi connectivity index (χ0v) is 21.1. The molecule has 3 amide bonds. The minimum atomic E-state index is -0.915. The van der Waals surface area contributed by atoms with E-state index in [-0.39, 0.29) is 17.9 Å². The summed E-state index contributed by atoms with van der Waals surface area (Å²) in [6.07, 6.45) is 3.18. The van der Waals surface area contributed by atoms with Crippen molar-refractivity contribution in [1.82, 2.24) is 10.5 Å². The Morgan fingerprint density at radius 1 is 1.08 bits per heavy atom. The highest BCUT2D eigenvalue weighted by Crippen LogP contribution is 2.33. The number of halogens is 2.